The topological polar surface area (TPSA) is 41.3 Å². The van der Waals surface area contributed by atoms with E-state index >= 15 is 0 Å². The van der Waals surface area contributed by atoms with E-state index in [0.29, 0.717) is 6.42 Å². The lowest BCUT2D eigenvalue weighted by Crippen LogP contribution is -2.28. The molecule has 0 aliphatic heterocycles. The number of halogens is 1. The van der Waals surface area contributed by atoms with E-state index < -0.39 is 0 Å². The Morgan fingerprint density at radius 1 is 1.32 bits per heavy atom. The Labute approximate surface area is 124 Å². The summed E-state index contributed by atoms with van der Waals surface area (Å²) >= 11 is 3.57. The molecule has 1 heterocycles. The van der Waals surface area contributed by atoms with Crippen LogP contribution in [0.5, 0.6) is 0 Å². The lowest BCUT2D eigenvalue weighted by atomic mass is 10.1. The van der Waals surface area contributed by atoms with Gasteiger partial charge in [-0.2, -0.15) is 5.10 Å². The molecule has 4 nitrogen and oxygen atoms in total. The first kappa shape index (κ1) is 16.7. The standard InChI is InChI=1S/C14H26BrN3O/c1-5-17(6-2)9-8-12(19)10-13-14(15)11(4)16-18(13)7-3/h12,19H,5-10H2,1-4H3. The maximum atomic E-state index is 10.2. The minimum absolute atomic E-state index is 0.307. The van der Waals surface area contributed by atoms with Crippen LogP contribution in [0.2, 0.25) is 0 Å². The smallest absolute Gasteiger partial charge is 0.0738 e. The first-order valence-corrected chi connectivity index (χ1v) is 7.94. The summed E-state index contributed by atoms with van der Waals surface area (Å²) in [6.45, 7) is 12.2. The zero-order chi connectivity index (χ0) is 14.4. The molecule has 0 fully saturated rings. The molecule has 0 spiro atoms. The number of hydrogen-bond donors (Lipinski definition) is 1. The molecular weight excluding hydrogens is 306 g/mol. The second-order valence-corrected chi connectivity index (χ2v) is 5.63. The van der Waals surface area contributed by atoms with Gasteiger partial charge in [0, 0.05) is 19.5 Å². The van der Waals surface area contributed by atoms with Gasteiger partial charge in [0.15, 0.2) is 0 Å². The summed E-state index contributed by atoms with van der Waals surface area (Å²) < 4.78 is 3.01. The highest BCUT2D eigenvalue weighted by molar-refractivity contribution is 9.10. The minimum atomic E-state index is -0.307. The summed E-state index contributed by atoms with van der Waals surface area (Å²) in [5.41, 5.74) is 2.10. The van der Waals surface area contributed by atoms with Crippen LogP contribution in [-0.2, 0) is 13.0 Å². The van der Waals surface area contributed by atoms with E-state index in [1.54, 1.807) is 0 Å². The van der Waals surface area contributed by atoms with Crippen molar-refractivity contribution < 1.29 is 5.11 Å². The third-order valence-electron chi connectivity index (χ3n) is 3.55. The van der Waals surface area contributed by atoms with Gasteiger partial charge >= 0.3 is 0 Å². The maximum Gasteiger partial charge on any atom is 0.0738 e. The Kier molecular flexibility index (Phi) is 7.04. The number of rotatable bonds is 8. The van der Waals surface area contributed by atoms with Crippen molar-refractivity contribution >= 4 is 15.9 Å². The van der Waals surface area contributed by atoms with E-state index in [4.69, 9.17) is 0 Å². The molecule has 19 heavy (non-hydrogen) atoms. The van der Waals surface area contributed by atoms with Crippen LogP contribution < -0.4 is 0 Å². The third-order valence-corrected chi connectivity index (χ3v) is 4.59. The highest BCUT2D eigenvalue weighted by Gasteiger charge is 2.16. The van der Waals surface area contributed by atoms with E-state index in [2.05, 4.69) is 46.7 Å². The Morgan fingerprint density at radius 2 is 1.95 bits per heavy atom. The summed E-state index contributed by atoms with van der Waals surface area (Å²) in [6.07, 6.45) is 1.16. The second-order valence-electron chi connectivity index (χ2n) is 4.84. The Hall–Kier alpha value is -0.390. The molecule has 0 saturated carbocycles. The number of aryl methyl sites for hydroxylation is 2. The quantitative estimate of drug-likeness (QED) is 0.796. The molecule has 1 unspecified atom stereocenters. The molecule has 1 atom stereocenters. The number of aliphatic hydroxyl groups excluding tert-OH is 1. The molecule has 0 aromatic carbocycles. The summed E-state index contributed by atoms with van der Waals surface area (Å²) in [4.78, 5) is 2.33. The van der Waals surface area contributed by atoms with Gasteiger partial charge in [0.05, 0.1) is 22.0 Å². The maximum absolute atomic E-state index is 10.2. The normalized spacial score (nSPS) is 13.2. The van der Waals surface area contributed by atoms with Crippen molar-refractivity contribution in [1.29, 1.82) is 0 Å². The molecule has 0 amide bonds. The second kappa shape index (κ2) is 8.02. The van der Waals surface area contributed by atoms with Crippen LogP contribution >= 0.6 is 15.9 Å². The molecule has 1 N–H and O–H groups in total. The fourth-order valence-electron chi connectivity index (χ4n) is 2.26. The third kappa shape index (κ3) is 4.58. The number of hydrogen-bond acceptors (Lipinski definition) is 3. The first-order valence-electron chi connectivity index (χ1n) is 7.15. The van der Waals surface area contributed by atoms with Crippen LogP contribution in [0.3, 0.4) is 0 Å². The van der Waals surface area contributed by atoms with Crippen LogP contribution in [0.4, 0.5) is 0 Å². The Balaban J connectivity index is 2.59. The zero-order valence-electron chi connectivity index (χ0n) is 12.5. The number of nitrogens with zero attached hydrogens (tertiary/aromatic N) is 3. The van der Waals surface area contributed by atoms with E-state index in [9.17, 15) is 5.11 Å². The molecule has 0 aliphatic carbocycles. The zero-order valence-corrected chi connectivity index (χ0v) is 14.1. The lowest BCUT2D eigenvalue weighted by molar-refractivity contribution is 0.141. The summed E-state index contributed by atoms with van der Waals surface area (Å²) in [6, 6.07) is 0. The highest BCUT2D eigenvalue weighted by atomic mass is 79.9. The number of aliphatic hydroxyl groups is 1. The van der Waals surface area contributed by atoms with Crippen molar-refractivity contribution in [3.8, 4) is 0 Å². The van der Waals surface area contributed by atoms with Crippen molar-refractivity contribution in [2.24, 2.45) is 0 Å². The van der Waals surface area contributed by atoms with Gasteiger partial charge in [0.2, 0.25) is 0 Å². The van der Waals surface area contributed by atoms with Gasteiger partial charge in [-0.3, -0.25) is 4.68 Å². The lowest BCUT2D eigenvalue weighted by Gasteiger charge is -2.20. The largest absolute Gasteiger partial charge is 0.393 e. The molecule has 1 rings (SSSR count). The predicted octanol–water partition coefficient (Wildman–Crippen LogP) is 2.61. The fourth-order valence-corrected chi connectivity index (χ4v) is 2.71. The van der Waals surface area contributed by atoms with Crippen molar-refractivity contribution in [2.75, 3.05) is 19.6 Å². The summed E-state index contributed by atoms with van der Waals surface area (Å²) in [5.74, 6) is 0. The molecule has 0 aliphatic rings. The van der Waals surface area contributed by atoms with E-state index in [0.717, 1.165) is 48.5 Å². The molecule has 110 valence electrons. The molecule has 5 heteroatoms. The van der Waals surface area contributed by atoms with Crippen LogP contribution in [-0.4, -0.2) is 45.5 Å². The molecule has 1 aromatic heterocycles. The minimum Gasteiger partial charge on any atom is -0.393 e. The van der Waals surface area contributed by atoms with Gasteiger partial charge in [-0.25, -0.2) is 0 Å². The van der Waals surface area contributed by atoms with Crippen LogP contribution in [0.25, 0.3) is 0 Å². The molecule has 0 bridgehead atoms. The SMILES string of the molecule is CCN(CC)CCC(O)Cc1c(Br)c(C)nn1CC. The van der Waals surface area contributed by atoms with Crippen molar-refractivity contribution in [1.82, 2.24) is 14.7 Å². The fraction of sp³-hybridized carbons (Fsp3) is 0.786. The van der Waals surface area contributed by atoms with E-state index in [1.165, 1.54) is 0 Å². The van der Waals surface area contributed by atoms with Gasteiger partial charge in [0.25, 0.3) is 0 Å². The van der Waals surface area contributed by atoms with Crippen LogP contribution in [0.1, 0.15) is 38.6 Å². The average Bonchev–Trinajstić information content (AvgIpc) is 2.67. The highest BCUT2D eigenvalue weighted by Crippen LogP contribution is 2.22. The molecule has 0 saturated heterocycles. The van der Waals surface area contributed by atoms with Gasteiger partial charge in [-0.1, -0.05) is 13.8 Å². The van der Waals surface area contributed by atoms with E-state index in [1.807, 2.05) is 11.6 Å². The molecule has 0 radical (unpaired) electrons. The summed E-state index contributed by atoms with van der Waals surface area (Å²) in [7, 11) is 0. The van der Waals surface area contributed by atoms with Crippen molar-refractivity contribution in [3.05, 3.63) is 15.9 Å². The van der Waals surface area contributed by atoms with Crippen LogP contribution in [0.15, 0.2) is 4.47 Å². The Morgan fingerprint density at radius 3 is 2.47 bits per heavy atom. The first-order chi connectivity index (χ1) is 9.03. The van der Waals surface area contributed by atoms with Crippen molar-refractivity contribution in [2.45, 2.75) is 53.2 Å². The van der Waals surface area contributed by atoms with Gasteiger partial charge in [-0.15, -0.1) is 0 Å². The summed E-state index contributed by atoms with van der Waals surface area (Å²) in [5, 5.41) is 14.7. The van der Waals surface area contributed by atoms with Crippen molar-refractivity contribution in [3.63, 3.8) is 0 Å². The van der Waals surface area contributed by atoms with E-state index in [-0.39, 0.29) is 6.10 Å². The predicted molar refractivity (Wildman–Crippen MR) is 82.5 cm³/mol. The van der Waals surface area contributed by atoms with Gasteiger partial charge in [0.1, 0.15) is 0 Å². The molecular formula is C14H26BrN3O. The average molecular weight is 332 g/mol. The van der Waals surface area contributed by atoms with Gasteiger partial charge < -0.3 is 10.0 Å². The molecule has 1 aromatic rings. The van der Waals surface area contributed by atoms with Gasteiger partial charge in [-0.05, 0) is 49.3 Å². The monoisotopic (exact) mass is 331 g/mol. The number of aromatic nitrogens is 2. The Bertz CT molecular complexity index is 388. The van der Waals surface area contributed by atoms with Crippen LogP contribution in [0, 0.1) is 6.92 Å².